The average molecular weight is 178 g/mol. The Hall–Kier alpha value is -0.510. The highest BCUT2D eigenvalue weighted by Gasteiger charge is 1.92. The van der Waals surface area contributed by atoms with E-state index in [2.05, 4.69) is 25.6 Å². The maximum atomic E-state index is 10.3. The second-order valence-electron chi connectivity index (χ2n) is 1.31. The molecule has 0 radical (unpaired) electrons. The Morgan fingerprint density at radius 1 is 1.88 bits per heavy atom. The minimum Gasteiger partial charge on any atom is -0.383 e. The van der Waals surface area contributed by atoms with Crippen molar-refractivity contribution in [1.82, 2.24) is 5.16 Å². The van der Waals surface area contributed by atoms with Gasteiger partial charge in [-0.3, -0.25) is 4.79 Å². The van der Waals surface area contributed by atoms with Gasteiger partial charge in [0, 0.05) is 6.07 Å². The maximum absolute atomic E-state index is 10.3. The number of alkyl halides is 1. The zero-order valence-corrected chi connectivity index (χ0v) is 5.56. The highest BCUT2D eigenvalue weighted by molar-refractivity contribution is 9.08. The van der Waals surface area contributed by atoms with Crippen molar-refractivity contribution in [2.75, 3.05) is 0 Å². The van der Waals surface area contributed by atoms with E-state index in [4.69, 9.17) is 0 Å². The van der Waals surface area contributed by atoms with Crippen molar-refractivity contribution in [3.05, 3.63) is 22.2 Å². The van der Waals surface area contributed by atoms with E-state index in [1.54, 1.807) is 0 Å². The van der Waals surface area contributed by atoms with Crippen LogP contribution in [0.1, 0.15) is 5.76 Å². The number of hydrogen-bond donors (Lipinski definition) is 1. The van der Waals surface area contributed by atoms with Crippen molar-refractivity contribution >= 4 is 15.9 Å². The Morgan fingerprint density at radius 3 is 2.88 bits per heavy atom. The van der Waals surface area contributed by atoms with Crippen LogP contribution < -0.4 is 5.56 Å². The van der Waals surface area contributed by atoms with E-state index in [0.717, 1.165) is 0 Å². The number of aromatic nitrogens is 1. The molecule has 0 saturated heterocycles. The minimum atomic E-state index is -0.195. The predicted octanol–water partition coefficient (Wildman–Crippen LogP) is 0.863. The lowest BCUT2D eigenvalue weighted by molar-refractivity contribution is 0.390. The van der Waals surface area contributed by atoms with Crippen molar-refractivity contribution in [2.24, 2.45) is 0 Å². The molecule has 0 fully saturated rings. The van der Waals surface area contributed by atoms with E-state index >= 15 is 0 Å². The first-order valence-corrected chi connectivity index (χ1v) is 3.18. The normalized spacial score (nSPS) is 9.62. The van der Waals surface area contributed by atoms with Crippen LogP contribution in [0.15, 0.2) is 15.4 Å². The van der Waals surface area contributed by atoms with Gasteiger partial charge in [-0.1, -0.05) is 15.9 Å². The molecule has 0 aromatic carbocycles. The van der Waals surface area contributed by atoms with Crippen molar-refractivity contribution in [3.63, 3.8) is 0 Å². The molecule has 0 saturated carbocycles. The van der Waals surface area contributed by atoms with Crippen LogP contribution in [0.3, 0.4) is 0 Å². The third kappa shape index (κ3) is 1.01. The lowest BCUT2D eigenvalue weighted by atomic mass is 10.5. The summed E-state index contributed by atoms with van der Waals surface area (Å²) < 4.78 is 4.63. The second kappa shape index (κ2) is 2.17. The fourth-order valence-corrected chi connectivity index (χ4v) is 0.663. The van der Waals surface area contributed by atoms with Crippen LogP contribution in [-0.2, 0) is 5.33 Å². The Bertz CT molecular complexity index is 214. The summed E-state index contributed by atoms with van der Waals surface area (Å²) in [5.74, 6) is 0.620. The molecule has 0 bridgehead atoms. The summed E-state index contributed by atoms with van der Waals surface area (Å²) in [5.41, 5.74) is -0.195. The van der Waals surface area contributed by atoms with Gasteiger partial charge in [-0.05, 0) is 0 Å². The van der Waals surface area contributed by atoms with E-state index < -0.39 is 0 Å². The van der Waals surface area contributed by atoms with Crippen LogP contribution >= 0.6 is 15.9 Å². The van der Waals surface area contributed by atoms with Gasteiger partial charge in [-0.15, -0.1) is 0 Å². The fraction of sp³-hybridized carbons (Fsp3) is 0.250. The molecule has 8 heavy (non-hydrogen) atoms. The quantitative estimate of drug-likeness (QED) is 0.648. The van der Waals surface area contributed by atoms with E-state index in [1.165, 1.54) is 6.07 Å². The first-order valence-electron chi connectivity index (χ1n) is 2.06. The van der Waals surface area contributed by atoms with Gasteiger partial charge < -0.3 is 4.52 Å². The SMILES string of the molecule is O=c1cc(CBr)o[nH]1. The topological polar surface area (TPSA) is 46.0 Å². The van der Waals surface area contributed by atoms with Crippen LogP contribution in [0.25, 0.3) is 0 Å². The highest BCUT2D eigenvalue weighted by Crippen LogP contribution is 1.98. The average Bonchev–Trinajstić information content (AvgIpc) is 2.14. The van der Waals surface area contributed by atoms with Gasteiger partial charge in [-0.2, -0.15) is 5.16 Å². The lowest BCUT2D eigenvalue weighted by Gasteiger charge is -1.75. The third-order valence-corrected chi connectivity index (χ3v) is 1.26. The van der Waals surface area contributed by atoms with E-state index in [-0.39, 0.29) is 5.56 Å². The molecule has 0 aliphatic heterocycles. The zero-order valence-electron chi connectivity index (χ0n) is 3.98. The third-order valence-electron chi connectivity index (χ3n) is 0.707. The Kier molecular flexibility index (Phi) is 1.53. The van der Waals surface area contributed by atoms with E-state index in [0.29, 0.717) is 11.1 Å². The highest BCUT2D eigenvalue weighted by atomic mass is 79.9. The van der Waals surface area contributed by atoms with Gasteiger partial charge in [0.2, 0.25) is 0 Å². The molecule has 0 amide bonds. The monoisotopic (exact) mass is 177 g/mol. The number of H-pyrrole nitrogens is 1. The van der Waals surface area contributed by atoms with Crippen LogP contribution in [0.5, 0.6) is 0 Å². The van der Waals surface area contributed by atoms with Crippen molar-refractivity contribution in [3.8, 4) is 0 Å². The minimum absolute atomic E-state index is 0.195. The molecular weight excluding hydrogens is 174 g/mol. The molecule has 44 valence electrons. The van der Waals surface area contributed by atoms with Gasteiger partial charge in [0.05, 0.1) is 5.33 Å². The van der Waals surface area contributed by atoms with Gasteiger partial charge in [0.1, 0.15) is 5.76 Å². The van der Waals surface area contributed by atoms with Crippen molar-refractivity contribution in [1.29, 1.82) is 0 Å². The molecule has 0 aliphatic rings. The molecular formula is C4H4BrNO2. The lowest BCUT2D eigenvalue weighted by Crippen LogP contribution is -1.92. The summed E-state index contributed by atoms with van der Waals surface area (Å²) >= 11 is 3.12. The van der Waals surface area contributed by atoms with Crippen LogP contribution in [0.2, 0.25) is 0 Å². The van der Waals surface area contributed by atoms with E-state index in [9.17, 15) is 4.79 Å². The van der Waals surface area contributed by atoms with Crippen LogP contribution in [0, 0.1) is 0 Å². The standard InChI is InChI=1S/C4H4BrNO2/c5-2-3-1-4(7)6-8-3/h1H,2H2,(H,6,7). The van der Waals surface area contributed by atoms with Crippen molar-refractivity contribution in [2.45, 2.75) is 5.33 Å². The molecule has 1 aromatic heterocycles. The van der Waals surface area contributed by atoms with Gasteiger partial charge >= 0.3 is 0 Å². The summed E-state index contributed by atoms with van der Waals surface area (Å²) in [4.78, 5) is 10.3. The van der Waals surface area contributed by atoms with Gasteiger partial charge in [0.15, 0.2) is 0 Å². The maximum Gasteiger partial charge on any atom is 0.280 e. The summed E-state index contributed by atoms with van der Waals surface area (Å²) in [7, 11) is 0. The Labute approximate surface area is 53.8 Å². The number of nitrogens with one attached hydrogen (secondary N) is 1. The summed E-state index contributed by atoms with van der Waals surface area (Å²) in [6.07, 6.45) is 0. The summed E-state index contributed by atoms with van der Waals surface area (Å²) in [6.45, 7) is 0. The molecule has 4 heteroatoms. The largest absolute Gasteiger partial charge is 0.383 e. The molecule has 0 aliphatic carbocycles. The first kappa shape index (κ1) is 5.62. The fourth-order valence-electron chi connectivity index (χ4n) is 0.387. The smallest absolute Gasteiger partial charge is 0.280 e. The molecule has 0 atom stereocenters. The summed E-state index contributed by atoms with van der Waals surface area (Å²) in [6, 6.07) is 1.40. The molecule has 3 nitrogen and oxygen atoms in total. The van der Waals surface area contributed by atoms with Gasteiger partial charge in [-0.25, -0.2) is 0 Å². The number of aromatic amines is 1. The molecule has 1 heterocycles. The van der Waals surface area contributed by atoms with E-state index in [1.807, 2.05) is 0 Å². The van der Waals surface area contributed by atoms with Crippen LogP contribution in [-0.4, -0.2) is 5.16 Å². The Morgan fingerprint density at radius 2 is 2.62 bits per heavy atom. The molecule has 1 N–H and O–H groups in total. The Balaban J connectivity index is 3.01. The summed E-state index contributed by atoms with van der Waals surface area (Å²) in [5, 5.41) is 2.73. The molecule has 1 rings (SSSR count). The second-order valence-corrected chi connectivity index (χ2v) is 1.87. The van der Waals surface area contributed by atoms with Gasteiger partial charge in [0.25, 0.3) is 5.56 Å². The first-order chi connectivity index (χ1) is 3.83. The van der Waals surface area contributed by atoms with Crippen molar-refractivity contribution < 1.29 is 4.52 Å². The molecule has 0 spiro atoms. The number of halogens is 1. The predicted molar refractivity (Wildman–Crippen MR) is 32.0 cm³/mol. The number of hydrogen-bond acceptors (Lipinski definition) is 2. The van der Waals surface area contributed by atoms with Crippen LogP contribution in [0.4, 0.5) is 0 Å². The molecule has 1 aromatic rings. The molecule has 0 unspecified atom stereocenters. The number of rotatable bonds is 1. The zero-order chi connectivity index (χ0) is 5.98.